The largest absolute Gasteiger partial charge is 0.282 e. The molecular weight excluding hydrogens is 232 g/mol. The molecule has 1 unspecified atom stereocenters. The molecule has 0 heterocycles. The van der Waals surface area contributed by atoms with Crippen LogP contribution >= 0.6 is 35.3 Å². The van der Waals surface area contributed by atoms with E-state index in [0.29, 0.717) is 5.25 Å². The van der Waals surface area contributed by atoms with Gasteiger partial charge in [0.15, 0.2) is 0 Å². The first-order valence-electron chi connectivity index (χ1n) is 4.73. The van der Waals surface area contributed by atoms with Gasteiger partial charge in [-0.1, -0.05) is 32.2 Å². The molecule has 1 nitrogen and oxygen atoms in total. The summed E-state index contributed by atoms with van der Waals surface area (Å²) in [5.74, 6) is 4.33. The van der Waals surface area contributed by atoms with Crippen LogP contribution in [-0.4, -0.2) is 33.4 Å². The van der Waals surface area contributed by atoms with Crippen molar-refractivity contribution >= 4 is 40.4 Å². The summed E-state index contributed by atoms with van der Waals surface area (Å²) in [6, 6.07) is 0. The second-order valence-corrected chi connectivity index (χ2v) is 6.49. The summed E-state index contributed by atoms with van der Waals surface area (Å²) in [5, 5.41) is 0.687. The Morgan fingerprint density at radius 2 is 2.07 bits per heavy atom. The molecule has 0 spiro atoms. The monoisotopic (exact) mass is 250 g/mol. The minimum absolute atomic E-state index is 0.0909. The van der Waals surface area contributed by atoms with E-state index in [1.165, 1.54) is 17.8 Å². The van der Waals surface area contributed by atoms with Gasteiger partial charge in [-0.05, 0) is 17.6 Å². The number of carbonyl (C=O) groups excluding carboxylic acids is 1. The van der Waals surface area contributed by atoms with Crippen LogP contribution in [0, 0.1) is 0 Å². The molecule has 4 heteroatoms. The lowest BCUT2D eigenvalue weighted by atomic mass is 10.5. The van der Waals surface area contributed by atoms with Crippen LogP contribution in [0.4, 0.5) is 0 Å². The quantitative estimate of drug-likeness (QED) is 0.614. The summed E-state index contributed by atoms with van der Waals surface area (Å²) in [6.07, 6.45) is 1.39. The van der Waals surface area contributed by atoms with E-state index < -0.39 is 0 Å². The fourth-order valence-corrected chi connectivity index (χ4v) is 3.95. The maximum atomic E-state index is 11.0. The Morgan fingerprint density at radius 1 is 1.36 bits per heavy atom. The molecule has 0 aliphatic carbocycles. The number of carbonyl (C=O) groups is 1. The number of rotatable bonds is 8. The van der Waals surface area contributed by atoms with E-state index in [1.54, 1.807) is 0 Å². The maximum Gasteiger partial charge on any atom is 0.211 e. The van der Waals surface area contributed by atoms with Gasteiger partial charge in [-0.3, -0.25) is 4.79 Å². The molecule has 0 amide bonds. The number of hydrogen-bond donors (Lipinski definition) is 0. The van der Waals surface area contributed by atoms with Crippen molar-refractivity contribution in [3.05, 3.63) is 12.7 Å². The van der Waals surface area contributed by atoms with Crippen LogP contribution in [0.3, 0.4) is 0 Å². The first kappa shape index (κ1) is 14.5. The molecule has 0 aromatic carbocycles. The summed E-state index contributed by atoms with van der Waals surface area (Å²) in [6.45, 7) is 7.79. The second kappa shape index (κ2) is 9.99. The van der Waals surface area contributed by atoms with Gasteiger partial charge < -0.3 is 0 Å². The zero-order valence-corrected chi connectivity index (χ0v) is 11.3. The van der Waals surface area contributed by atoms with E-state index in [4.69, 9.17) is 0 Å². The average Bonchev–Trinajstić information content (AvgIpc) is 2.21. The smallest absolute Gasteiger partial charge is 0.211 e. The molecule has 82 valence electrons. The highest BCUT2D eigenvalue weighted by Crippen LogP contribution is 2.21. The molecule has 0 aliphatic rings. The van der Waals surface area contributed by atoms with Crippen molar-refractivity contribution in [2.45, 2.75) is 19.1 Å². The zero-order chi connectivity index (χ0) is 10.8. The van der Waals surface area contributed by atoms with Gasteiger partial charge in [0.1, 0.15) is 0 Å². The second-order valence-electron chi connectivity index (χ2n) is 2.57. The van der Waals surface area contributed by atoms with Gasteiger partial charge >= 0.3 is 0 Å². The highest BCUT2D eigenvalue weighted by atomic mass is 32.2. The van der Waals surface area contributed by atoms with E-state index >= 15 is 0 Å². The van der Waals surface area contributed by atoms with Crippen molar-refractivity contribution in [2.24, 2.45) is 0 Å². The van der Waals surface area contributed by atoms with Gasteiger partial charge in [0.2, 0.25) is 5.12 Å². The van der Waals surface area contributed by atoms with Crippen molar-refractivity contribution in [1.29, 1.82) is 0 Å². The molecule has 0 radical (unpaired) electrons. The SMILES string of the molecule is C=CC(=O)SCC(CSCC)SCC. The van der Waals surface area contributed by atoms with Crippen molar-refractivity contribution in [3.63, 3.8) is 0 Å². The van der Waals surface area contributed by atoms with Crippen LogP contribution < -0.4 is 0 Å². The standard InChI is InChI=1S/C10H18OS3/c1-4-10(11)14-8-9(13-6-3)7-12-5-2/h4,9H,1,5-8H2,2-3H3. The topological polar surface area (TPSA) is 17.1 Å². The van der Waals surface area contributed by atoms with Crippen LogP contribution in [0.2, 0.25) is 0 Å². The first-order chi connectivity index (χ1) is 6.74. The molecule has 0 aromatic rings. The lowest BCUT2D eigenvalue weighted by Crippen LogP contribution is -2.11. The molecule has 0 saturated heterocycles. The molecule has 0 rings (SSSR count). The van der Waals surface area contributed by atoms with Crippen molar-refractivity contribution < 1.29 is 4.79 Å². The Hall–Kier alpha value is 0.460. The van der Waals surface area contributed by atoms with Crippen LogP contribution in [-0.2, 0) is 4.79 Å². The van der Waals surface area contributed by atoms with Gasteiger partial charge in [0.25, 0.3) is 0 Å². The third-order valence-corrected chi connectivity index (χ3v) is 5.11. The molecule has 1 atom stereocenters. The Balaban J connectivity index is 3.71. The predicted molar refractivity (Wildman–Crippen MR) is 72.6 cm³/mol. The highest BCUT2D eigenvalue weighted by Gasteiger charge is 2.09. The maximum absolute atomic E-state index is 11.0. The molecule has 14 heavy (non-hydrogen) atoms. The van der Waals surface area contributed by atoms with Crippen molar-refractivity contribution in [3.8, 4) is 0 Å². The van der Waals surface area contributed by atoms with Crippen molar-refractivity contribution in [1.82, 2.24) is 0 Å². The zero-order valence-electron chi connectivity index (χ0n) is 8.82. The van der Waals surface area contributed by atoms with E-state index in [0.717, 1.165) is 23.0 Å². The lowest BCUT2D eigenvalue weighted by molar-refractivity contribution is -0.107. The van der Waals surface area contributed by atoms with Crippen LogP contribution in [0.1, 0.15) is 13.8 Å². The fourth-order valence-electron chi connectivity index (χ4n) is 0.863. The third-order valence-electron chi connectivity index (χ3n) is 1.49. The van der Waals surface area contributed by atoms with Gasteiger partial charge in [-0.25, -0.2) is 0 Å². The molecule has 0 fully saturated rings. The number of thioether (sulfide) groups is 3. The van der Waals surface area contributed by atoms with E-state index in [1.807, 2.05) is 23.5 Å². The Bertz CT molecular complexity index is 171. The highest BCUT2D eigenvalue weighted by molar-refractivity contribution is 8.15. The van der Waals surface area contributed by atoms with Crippen molar-refractivity contribution in [2.75, 3.05) is 23.0 Å². The minimum atomic E-state index is 0.0909. The summed E-state index contributed by atoms with van der Waals surface area (Å²) < 4.78 is 0. The van der Waals surface area contributed by atoms with Gasteiger partial charge in [0, 0.05) is 16.8 Å². The van der Waals surface area contributed by atoms with E-state index in [2.05, 4.69) is 20.4 Å². The molecule has 0 aromatic heterocycles. The van der Waals surface area contributed by atoms with Gasteiger partial charge in [-0.2, -0.15) is 23.5 Å². The average molecular weight is 250 g/mol. The molecule has 0 bridgehead atoms. The van der Waals surface area contributed by atoms with E-state index in [9.17, 15) is 4.79 Å². The lowest BCUT2D eigenvalue weighted by Gasteiger charge is -2.13. The molecular formula is C10H18OS3. The summed E-state index contributed by atoms with van der Waals surface area (Å²) in [7, 11) is 0. The summed E-state index contributed by atoms with van der Waals surface area (Å²) in [5.41, 5.74) is 0. The summed E-state index contributed by atoms with van der Waals surface area (Å²) in [4.78, 5) is 11.0. The van der Waals surface area contributed by atoms with E-state index in [-0.39, 0.29) is 5.12 Å². The Kier molecular flexibility index (Phi) is 10.3. The molecule has 0 aliphatic heterocycles. The van der Waals surface area contributed by atoms with Crippen LogP contribution in [0.15, 0.2) is 12.7 Å². The molecule has 0 N–H and O–H groups in total. The Labute approximate surface area is 99.9 Å². The van der Waals surface area contributed by atoms with Gasteiger partial charge in [0.05, 0.1) is 0 Å². The van der Waals surface area contributed by atoms with Crippen LogP contribution in [0.5, 0.6) is 0 Å². The number of hydrogen-bond acceptors (Lipinski definition) is 4. The van der Waals surface area contributed by atoms with Crippen LogP contribution in [0.25, 0.3) is 0 Å². The molecule has 0 saturated carbocycles. The summed E-state index contributed by atoms with van der Waals surface area (Å²) >= 11 is 5.27. The van der Waals surface area contributed by atoms with Gasteiger partial charge in [-0.15, -0.1) is 0 Å². The minimum Gasteiger partial charge on any atom is -0.282 e. The fraction of sp³-hybridized carbons (Fsp3) is 0.700. The predicted octanol–water partition coefficient (Wildman–Crippen LogP) is 3.31. The first-order valence-corrected chi connectivity index (χ1v) is 7.92. The Morgan fingerprint density at radius 3 is 2.57 bits per heavy atom. The normalized spacial score (nSPS) is 12.4. The third kappa shape index (κ3) is 7.83.